The molecule has 0 atom stereocenters. The van der Waals surface area contributed by atoms with E-state index in [2.05, 4.69) is 10.2 Å². The molecule has 1 saturated heterocycles. The average Bonchev–Trinajstić information content (AvgIpc) is 2.26. The maximum atomic E-state index is 11.6. The summed E-state index contributed by atoms with van der Waals surface area (Å²) in [6.07, 6.45) is 4.48. The summed E-state index contributed by atoms with van der Waals surface area (Å²) in [5.74, 6) is 0.420. The van der Waals surface area contributed by atoms with Crippen LogP contribution < -0.4 is 5.32 Å². The molecule has 1 N–H and O–H groups in total. The summed E-state index contributed by atoms with van der Waals surface area (Å²) in [5, 5.41) is 2.96. The maximum Gasteiger partial charge on any atom is 0.223 e. The largest absolute Gasteiger partial charge is 0.355 e. The lowest BCUT2D eigenvalue weighted by atomic mass is 9.85. The van der Waals surface area contributed by atoms with Crippen LogP contribution in [-0.2, 0) is 14.8 Å². The summed E-state index contributed by atoms with van der Waals surface area (Å²) in [6, 6.07) is 0. The van der Waals surface area contributed by atoms with Crippen LogP contribution in [-0.4, -0.2) is 69.1 Å². The second kappa shape index (κ2) is 6.19. The van der Waals surface area contributed by atoms with Gasteiger partial charge >= 0.3 is 0 Å². The van der Waals surface area contributed by atoms with Crippen molar-refractivity contribution < 1.29 is 13.2 Å². The van der Waals surface area contributed by atoms with E-state index in [0.717, 1.165) is 32.5 Å². The SMILES string of the molecule is CS(=O)(=O)N1CCN(CCNC(=O)C2CCC2)CC1. The number of nitrogens with one attached hydrogen (secondary N) is 1. The Morgan fingerprint density at radius 2 is 1.84 bits per heavy atom. The number of nitrogens with zero attached hydrogens (tertiary/aromatic N) is 2. The van der Waals surface area contributed by atoms with Gasteiger partial charge in [0.1, 0.15) is 0 Å². The number of hydrogen-bond acceptors (Lipinski definition) is 4. The van der Waals surface area contributed by atoms with Crippen LogP contribution in [0, 0.1) is 5.92 Å². The highest BCUT2D eigenvalue weighted by molar-refractivity contribution is 7.88. The van der Waals surface area contributed by atoms with Crippen LogP contribution in [0.3, 0.4) is 0 Å². The predicted molar refractivity (Wildman–Crippen MR) is 73.2 cm³/mol. The summed E-state index contributed by atoms with van der Waals surface area (Å²) in [7, 11) is -3.05. The topological polar surface area (TPSA) is 69.7 Å². The van der Waals surface area contributed by atoms with Gasteiger partial charge in [0.25, 0.3) is 0 Å². The van der Waals surface area contributed by atoms with Crippen LogP contribution in [0.5, 0.6) is 0 Å². The highest BCUT2D eigenvalue weighted by Gasteiger charge is 2.25. The van der Waals surface area contributed by atoms with Crippen LogP contribution in [0.2, 0.25) is 0 Å². The Morgan fingerprint density at radius 3 is 2.32 bits per heavy atom. The summed E-state index contributed by atoms with van der Waals surface area (Å²) < 4.78 is 24.2. The van der Waals surface area contributed by atoms with Gasteiger partial charge in [0, 0.05) is 45.2 Å². The van der Waals surface area contributed by atoms with E-state index in [1.807, 2.05) is 0 Å². The van der Waals surface area contributed by atoms with Gasteiger partial charge in [0.2, 0.25) is 15.9 Å². The first-order valence-corrected chi connectivity index (χ1v) is 8.77. The minimum atomic E-state index is -3.05. The molecule has 1 heterocycles. The predicted octanol–water partition coefficient (Wildman–Crippen LogP) is -0.520. The molecular formula is C12H23N3O3S. The van der Waals surface area contributed by atoms with Crippen molar-refractivity contribution in [1.82, 2.24) is 14.5 Å². The van der Waals surface area contributed by atoms with E-state index in [1.165, 1.54) is 17.0 Å². The number of sulfonamides is 1. The highest BCUT2D eigenvalue weighted by atomic mass is 32.2. The smallest absolute Gasteiger partial charge is 0.223 e. The minimum Gasteiger partial charge on any atom is -0.355 e. The monoisotopic (exact) mass is 289 g/mol. The molecule has 0 unspecified atom stereocenters. The Hall–Kier alpha value is -0.660. The zero-order chi connectivity index (χ0) is 13.9. The quantitative estimate of drug-likeness (QED) is 0.739. The second-order valence-corrected chi connectivity index (χ2v) is 7.40. The van der Waals surface area contributed by atoms with E-state index in [-0.39, 0.29) is 11.8 Å². The fourth-order valence-corrected chi connectivity index (χ4v) is 3.26. The molecule has 0 aromatic rings. The van der Waals surface area contributed by atoms with Gasteiger partial charge in [0.15, 0.2) is 0 Å². The number of carbonyl (C=O) groups excluding carboxylic acids is 1. The molecule has 7 heteroatoms. The van der Waals surface area contributed by atoms with Crippen LogP contribution in [0.25, 0.3) is 0 Å². The van der Waals surface area contributed by atoms with Crippen LogP contribution in [0.15, 0.2) is 0 Å². The van der Waals surface area contributed by atoms with Crippen LogP contribution >= 0.6 is 0 Å². The summed E-state index contributed by atoms with van der Waals surface area (Å²) in [5.41, 5.74) is 0. The van der Waals surface area contributed by atoms with Crippen molar-refractivity contribution in [1.29, 1.82) is 0 Å². The molecule has 110 valence electrons. The van der Waals surface area contributed by atoms with Crippen LogP contribution in [0.1, 0.15) is 19.3 Å². The van der Waals surface area contributed by atoms with Crippen molar-refractivity contribution in [2.24, 2.45) is 5.92 Å². The Labute approximate surface area is 115 Å². The van der Waals surface area contributed by atoms with Gasteiger partial charge in [-0.15, -0.1) is 0 Å². The molecule has 1 saturated carbocycles. The first-order chi connectivity index (χ1) is 8.97. The van der Waals surface area contributed by atoms with Crippen molar-refractivity contribution in [3.8, 4) is 0 Å². The lowest BCUT2D eigenvalue weighted by Gasteiger charge is -2.33. The van der Waals surface area contributed by atoms with E-state index < -0.39 is 10.0 Å². The Bertz CT molecular complexity index is 412. The molecular weight excluding hydrogens is 266 g/mol. The van der Waals surface area contributed by atoms with Gasteiger partial charge in [-0.25, -0.2) is 8.42 Å². The summed E-state index contributed by atoms with van der Waals surface area (Å²) >= 11 is 0. The standard InChI is InChI=1S/C12H23N3O3S/c1-19(17,18)15-9-7-14(8-10-15)6-5-13-12(16)11-3-2-4-11/h11H,2-10H2,1H3,(H,13,16). The molecule has 2 rings (SSSR count). The number of amides is 1. The Morgan fingerprint density at radius 1 is 1.21 bits per heavy atom. The fraction of sp³-hybridized carbons (Fsp3) is 0.917. The van der Waals surface area contributed by atoms with Crippen molar-refractivity contribution in [3.05, 3.63) is 0 Å². The third kappa shape index (κ3) is 4.15. The minimum absolute atomic E-state index is 0.182. The van der Waals surface area contributed by atoms with E-state index in [9.17, 15) is 13.2 Å². The normalized spacial score (nSPS) is 23.0. The fourth-order valence-electron chi connectivity index (χ4n) is 2.44. The number of hydrogen-bond donors (Lipinski definition) is 1. The van der Waals surface area contributed by atoms with Crippen molar-refractivity contribution in [2.75, 3.05) is 45.5 Å². The van der Waals surface area contributed by atoms with Gasteiger partial charge < -0.3 is 5.32 Å². The first kappa shape index (κ1) is 14.7. The molecule has 1 aliphatic heterocycles. The van der Waals surface area contributed by atoms with E-state index in [0.29, 0.717) is 19.6 Å². The zero-order valence-corrected chi connectivity index (χ0v) is 12.3. The number of rotatable bonds is 5. The second-order valence-electron chi connectivity index (χ2n) is 5.42. The van der Waals surface area contributed by atoms with E-state index in [4.69, 9.17) is 0 Å². The van der Waals surface area contributed by atoms with Crippen LogP contribution in [0.4, 0.5) is 0 Å². The van der Waals surface area contributed by atoms with E-state index >= 15 is 0 Å². The third-order valence-corrected chi connectivity index (χ3v) is 5.31. The van der Waals surface area contributed by atoms with Crippen molar-refractivity contribution in [3.63, 3.8) is 0 Å². The Kier molecular flexibility index (Phi) is 4.81. The number of carbonyl (C=O) groups is 1. The molecule has 0 bridgehead atoms. The van der Waals surface area contributed by atoms with Gasteiger partial charge in [-0.05, 0) is 12.8 Å². The maximum absolute atomic E-state index is 11.6. The first-order valence-electron chi connectivity index (χ1n) is 6.92. The molecule has 19 heavy (non-hydrogen) atoms. The molecule has 0 radical (unpaired) electrons. The van der Waals surface area contributed by atoms with Gasteiger partial charge in [0.05, 0.1) is 6.26 Å². The third-order valence-electron chi connectivity index (χ3n) is 4.00. The van der Waals surface area contributed by atoms with Crippen molar-refractivity contribution >= 4 is 15.9 Å². The Balaban J connectivity index is 1.62. The molecule has 2 fully saturated rings. The summed E-state index contributed by atoms with van der Waals surface area (Å²) in [4.78, 5) is 13.8. The van der Waals surface area contributed by atoms with Gasteiger partial charge in [-0.2, -0.15) is 4.31 Å². The van der Waals surface area contributed by atoms with Crippen molar-refractivity contribution in [2.45, 2.75) is 19.3 Å². The summed E-state index contributed by atoms with van der Waals surface area (Å²) in [6.45, 7) is 4.05. The molecule has 0 aromatic carbocycles. The zero-order valence-electron chi connectivity index (χ0n) is 11.5. The lowest BCUT2D eigenvalue weighted by molar-refractivity contribution is -0.127. The van der Waals surface area contributed by atoms with E-state index in [1.54, 1.807) is 0 Å². The molecule has 0 aromatic heterocycles. The highest BCUT2D eigenvalue weighted by Crippen LogP contribution is 2.25. The number of piperazine rings is 1. The molecule has 2 aliphatic rings. The lowest BCUT2D eigenvalue weighted by Crippen LogP contribution is -2.50. The molecule has 0 spiro atoms. The molecule has 1 aliphatic carbocycles. The van der Waals surface area contributed by atoms with Gasteiger partial charge in [-0.1, -0.05) is 6.42 Å². The van der Waals surface area contributed by atoms with Gasteiger partial charge in [-0.3, -0.25) is 9.69 Å². The molecule has 6 nitrogen and oxygen atoms in total. The molecule has 1 amide bonds. The average molecular weight is 289 g/mol.